The summed E-state index contributed by atoms with van der Waals surface area (Å²) < 4.78 is 38.6. The molecule has 0 saturated carbocycles. The fourth-order valence-corrected chi connectivity index (χ4v) is 2.33. The molecule has 1 aromatic heterocycles. The van der Waals surface area contributed by atoms with Gasteiger partial charge in [-0.15, -0.1) is 0 Å². The molecule has 0 aliphatic heterocycles. The predicted octanol–water partition coefficient (Wildman–Crippen LogP) is 3.81. The standard InChI is InChI=1S/C14H9Cl2F3N2O2/c15-9-3-10(16)5-11(4-9)20-12(22)7-21-6-8(14(17,18)19)1-2-13(21)23/h1-6H,7H2,(H,20,22). The number of hydrogen-bond donors (Lipinski definition) is 1. The third kappa shape index (κ3) is 4.74. The number of nitrogens with zero attached hydrogens (tertiary/aromatic N) is 1. The van der Waals surface area contributed by atoms with E-state index in [-0.39, 0.29) is 15.7 Å². The van der Waals surface area contributed by atoms with Crippen molar-refractivity contribution in [3.05, 3.63) is 62.5 Å². The molecule has 0 spiro atoms. The summed E-state index contributed by atoms with van der Waals surface area (Å²) in [4.78, 5) is 23.4. The van der Waals surface area contributed by atoms with Crippen LogP contribution in [0, 0.1) is 0 Å². The summed E-state index contributed by atoms with van der Waals surface area (Å²) in [5.74, 6) is -0.690. The van der Waals surface area contributed by atoms with Crippen molar-refractivity contribution in [2.45, 2.75) is 12.7 Å². The van der Waals surface area contributed by atoms with Crippen LogP contribution < -0.4 is 10.9 Å². The Morgan fingerprint density at radius 2 is 1.74 bits per heavy atom. The maximum Gasteiger partial charge on any atom is 0.417 e. The highest BCUT2D eigenvalue weighted by Gasteiger charge is 2.31. The van der Waals surface area contributed by atoms with Gasteiger partial charge in [-0.2, -0.15) is 13.2 Å². The zero-order valence-corrected chi connectivity index (χ0v) is 12.8. The Labute approximate surface area is 138 Å². The van der Waals surface area contributed by atoms with Crippen LogP contribution in [0.1, 0.15) is 5.56 Å². The molecule has 1 aromatic carbocycles. The van der Waals surface area contributed by atoms with Gasteiger partial charge >= 0.3 is 6.18 Å². The molecule has 0 bridgehead atoms. The zero-order chi connectivity index (χ0) is 17.2. The molecule has 1 heterocycles. The van der Waals surface area contributed by atoms with Gasteiger partial charge in [0.05, 0.1) is 5.56 Å². The minimum Gasteiger partial charge on any atom is -0.324 e. The molecule has 4 nitrogen and oxygen atoms in total. The number of halogens is 5. The molecule has 0 aliphatic carbocycles. The van der Waals surface area contributed by atoms with E-state index in [9.17, 15) is 22.8 Å². The van der Waals surface area contributed by atoms with E-state index in [1.807, 2.05) is 0 Å². The highest BCUT2D eigenvalue weighted by Crippen LogP contribution is 2.28. The third-order valence-corrected chi connectivity index (χ3v) is 3.21. The fourth-order valence-electron chi connectivity index (χ4n) is 1.80. The molecule has 0 unspecified atom stereocenters. The van der Waals surface area contributed by atoms with Gasteiger partial charge in [0.15, 0.2) is 0 Å². The van der Waals surface area contributed by atoms with Crippen molar-refractivity contribution >= 4 is 34.8 Å². The summed E-state index contributed by atoms with van der Waals surface area (Å²) in [6.45, 7) is -0.577. The number of amides is 1. The smallest absolute Gasteiger partial charge is 0.324 e. The summed E-state index contributed by atoms with van der Waals surface area (Å²) in [6, 6.07) is 5.70. The van der Waals surface area contributed by atoms with Crippen LogP contribution in [0.3, 0.4) is 0 Å². The topological polar surface area (TPSA) is 51.1 Å². The lowest BCUT2D eigenvalue weighted by Crippen LogP contribution is -2.28. The van der Waals surface area contributed by atoms with Gasteiger partial charge in [0.1, 0.15) is 6.54 Å². The van der Waals surface area contributed by atoms with Gasteiger partial charge in [-0.1, -0.05) is 23.2 Å². The van der Waals surface area contributed by atoms with E-state index in [1.54, 1.807) is 0 Å². The first-order valence-corrected chi connectivity index (χ1v) is 6.94. The SMILES string of the molecule is O=C(Cn1cc(C(F)(F)F)ccc1=O)Nc1cc(Cl)cc(Cl)c1. The van der Waals surface area contributed by atoms with Crippen molar-refractivity contribution in [3.8, 4) is 0 Å². The van der Waals surface area contributed by atoms with Crippen LogP contribution in [-0.4, -0.2) is 10.5 Å². The molecule has 122 valence electrons. The van der Waals surface area contributed by atoms with E-state index < -0.39 is 29.8 Å². The maximum atomic E-state index is 12.6. The Kier molecular flexibility index (Phi) is 5.01. The number of benzene rings is 1. The molecule has 23 heavy (non-hydrogen) atoms. The lowest BCUT2D eigenvalue weighted by Gasteiger charge is -2.11. The number of nitrogens with one attached hydrogen (secondary N) is 1. The molecule has 2 rings (SSSR count). The van der Waals surface area contributed by atoms with Gasteiger partial charge in [-0.25, -0.2) is 0 Å². The molecule has 1 amide bonds. The Morgan fingerprint density at radius 3 is 2.30 bits per heavy atom. The maximum absolute atomic E-state index is 12.6. The molecule has 0 aliphatic rings. The van der Waals surface area contributed by atoms with E-state index in [1.165, 1.54) is 18.2 Å². The second-order valence-corrected chi connectivity index (χ2v) is 5.46. The van der Waals surface area contributed by atoms with Gasteiger partial charge in [0, 0.05) is 28.0 Å². The minimum absolute atomic E-state index is 0.271. The summed E-state index contributed by atoms with van der Waals surface area (Å²) in [7, 11) is 0. The van der Waals surface area contributed by atoms with Crippen molar-refractivity contribution in [1.82, 2.24) is 4.57 Å². The molecular formula is C14H9Cl2F3N2O2. The lowest BCUT2D eigenvalue weighted by molar-refractivity contribution is -0.138. The molecular weight excluding hydrogens is 356 g/mol. The summed E-state index contributed by atoms with van der Waals surface area (Å²) >= 11 is 11.5. The van der Waals surface area contributed by atoms with E-state index in [0.717, 1.165) is 6.07 Å². The number of pyridine rings is 1. The van der Waals surface area contributed by atoms with Crippen LogP contribution >= 0.6 is 23.2 Å². The first-order valence-electron chi connectivity index (χ1n) is 6.19. The van der Waals surface area contributed by atoms with Gasteiger partial charge in [-0.3, -0.25) is 9.59 Å². The van der Waals surface area contributed by atoms with Crippen molar-refractivity contribution in [1.29, 1.82) is 0 Å². The fraction of sp³-hybridized carbons (Fsp3) is 0.143. The zero-order valence-electron chi connectivity index (χ0n) is 11.3. The molecule has 0 saturated heterocycles. The van der Waals surface area contributed by atoms with E-state index in [0.29, 0.717) is 16.8 Å². The number of alkyl halides is 3. The quantitative estimate of drug-likeness (QED) is 0.899. The van der Waals surface area contributed by atoms with E-state index in [4.69, 9.17) is 23.2 Å². The molecule has 2 aromatic rings. The predicted molar refractivity (Wildman–Crippen MR) is 80.8 cm³/mol. The third-order valence-electron chi connectivity index (χ3n) is 2.77. The number of hydrogen-bond acceptors (Lipinski definition) is 2. The van der Waals surface area contributed by atoms with Crippen LogP contribution in [0.2, 0.25) is 10.0 Å². The summed E-state index contributed by atoms with van der Waals surface area (Å²) in [6.07, 6.45) is -4.01. The average molecular weight is 365 g/mol. The van der Waals surface area contributed by atoms with E-state index >= 15 is 0 Å². The Morgan fingerprint density at radius 1 is 1.13 bits per heavy atom. The number of rotatable bonds is 3. The molecule has 0 radical (unpaired) electrons. The monoisotopic (exact) mass is 364 g/mol. The molecule has 0 fully saturated rings. The molecule has 0 atom stereocenters. The largest absolute Gasteiger partial charge is 0.417 e. The van der Waals surface area contributed by atoms with Crippen LogP contribution in [0.25, 0.3) is 0 Å². The highest BCUT2D eigenvalue weighted by molar-refractivity contribution is 6.35. The van der Waals surface area contributed by atoms with Crippen LogP contribution in [-0.2, 0) is 17.5 Å². The van der Waals surface area contributed by atoms with Crippen molar-refractivity contribution < 1.29 is 18.0 Å². The highest BCUT2D eigenvalue weighted by atomic mass is 35.5. The van der Waals surface area contributed by atoms with Crippen molar-refractivity contribution in [2.75, 3.05) is 5.32 Å². The number of anilines is 1. The summed E-state index contributed by atoms with van der Waals surface area (Å²) in [5.41, 5.74) is -1.47. The van der Waals surface area contributed by atoms with Gasteiger partial charge in [-0.05, 0) is 24.3 Å². The summed E-state index contributed by atoms with van der Waals surface area (Å²) in [5, 5.41) is 2.97. The van der Waals surface area contributed by atoms with Gasteiger partial charge < -0.3 is 9.88 Å². The lowest BCUT2D eigenvalue weighted by atomic mass is 10.2. The van der Waals surface area contributed by atoms with Crippen molar-refractivity contribution in [3.63, 3.8) is 0 Å². The average Bonchev–Trinajstić information content (AvgIpc) is 2.38. The second kappa shape index (κ2) is 6.64. The number of carbonyl (C=O) groups is 1. The number of carbonyl (C=O) groups excluding carboxylic acids is 1. The number of aromatic nitrogens is 1. The second-order valence-electron chi connectivity index (χ2n) is 4.59. The van der Waals surface area contributed by atoms with Crippen LogP contribution in [0.5, 0.6) is 0 Å². The molecule has 1 N–H and O–H groups in total. The first kappa shape index (κ1) is 17.4. The van der Waals surface area contributed by atoms with Gasteiger partial charge in [0.2, 0.25) is 5.91 Å². The Balaban J connectivity index is 2.18. The first-order chi connectivity index (χ1) is 10.6. The van der Waals surface area contributed by atoms with Crippen molar-refractivity contribution in [2.24, 2.45) is 0 Å². The Bertz CT molecular complexity index is 783. The Hall–Kier alpha value is -1.99. The normalized spacial score (nSPS) is 11.3. The van der Waals surface area contributed by atoms with Gasteiger partial charge in [0.25, 0.3) is 5.56 Å². The van der Waals surface area contributed by atoms with Crippen LogP contribution in [0.15, 0.2) is 41.3 Å². The van der Waals surface area contributed by atoms with Crippen LogP contribution in [0.4, 0.5) is 18.9 Å². The minimum atomic E-state index is -4.60. The molecule has 9 heteroatoms. The van der Waals surface area contributed by atoms with E-state index in [2.05, 4.69) is 5.32 Å².